The lowest BCUT2D eigenvalue weighted by molar-refractivity contribution is 0.356. The summed E-state index contributed by atoms with van der Waals surface area (Å²) in [6.07, 6.45) is 19.0. The van der Waals surface area contributed by atoms with Crippen LogP contribution in [-0.2, 0) is 12.8 Å². The van der Waals surface area contributed by atoms with Crippen molar-refractivity contribution in [3.05, 3.63) is 107 Å². The maximum Gasteiger partial charge on any atom is 0.124 e. The Morgan fingerprint density at radius 3 is 2.57 bits per heavy atom. The molecule has 2 N–H and O–H groups in total. The number of pyridine rings is 2. The fraction of sp³-hybridized carbons (Fsp3) is 0.375. The second kappa shape index (κ2) is 16.0. The van der Waals surface area contributed by atoms with Crippen LogP contribution >= 0.6 is 0 Å². The smallest absolute Gasteiger partial charge is 0.124 e. The fourth-order valence-corrected chi connectivity index (χ4v) is 6.72. The van der Waals surface area contributed by atoms with Gasteiger partial charge < -0.3 is 9.88 Å². The molecule has 7 heteroatoms. The number of benzene rings is 1. The maximum atomic E-state index is 14.9. The minimum absolute atomic E-state index is 0.230. The van der Waals surface area contributed by atoms with Crippen LogP contribution in [0.4, 0.5) is 4.39 Å². The van der Waals surface area contributed by atoms with Gasteiger partial charge in [0.05, 0.1) is 23.1 Å². The summed E-state index contributed by atoms with van der Waals surface area (Å²) in [5.74, 6) is 0.519. The van der Waals surface area contributed by atoms with Crippen LogP contribution in [0.2, 0.25) is 0 Å². The molecular weight excluding hydrogens is 583 g/mol. The van der Waals surface area contributed by atoms with Gasteiger partial charge in [0, 0.05) is 34.6 Å². The molecule has 0 atom stereocenters. The maximum absolute atomic E-state index is 14.9. The van der Waals surface area contributed by atoms with Crippen LogP contribution < -0.4 is 0 Å². The molecule has 0 bridgehead atoms. The average Bonchev–Trinajstić information content (AvgIpc) is 3.67. The number of allylic oxidation sites excluding steroid dienone is 2. The number of nitrogens with one attached hydrogen (secondary N) is 2. The summed E-state index contributed by atoms with van der Waals surface area (Å²) in [5.41, 5.74) is 10.4. The zero-order valence-electron chi connectivity index (χ0n) is 28.7. The van der Waals surface area contributed by atoms with Gasteiger partial charge in [-0.1, -0.05) is 70.7 Å². The minimum atomic E-state index is -0.230. The highest BCUT2D eigenvalue weighted by atomic mass is 19.1. The standard InChI is InChI=1S/C38H43FN6.C2H6/c1-5-10-32(29-16-27(18-31(39)19-29)13-9-14-45(3)4)33-20-36(42-25(33)2)38-34-21-35(41-24-37(34)43-44-38)30-17-28(22-40-23-30)15-26-11-7-6-8-12-26;1-2/h5,10,16-24,26,42H,1,6-9,11-15H2,2-4H3,(H,43,44);1-2H3/b32-10-;. The summed E-state index contributed by atoms with van der Waals surface area (Å²) < 4.78 is 14.9. The molecule has 1 fully saturated rings. The first-order valence-electron chi connectivity index (χ1n) is 17.1. The van der Waals surface area contributed by atoms with E-state index >= 15 is 0 Å². The summed E-state index contributed by atoms with van der Waals surface area (Å²) in [5, 5.41) is 8.82. The van der Waals surface area contributed by atoms with E-state index in [4.69, 9.17) is 4.98 Å². The number of nitrogens with zero attached hydrogens (tertiary/aromatic N) is 4. The Hall–Kier alpha value is -4.36. The number of fused-ring (bicyclic) bond motifs is 1. The molecule has 1 aromatic carbocycles. The number of rotatable bonds is 11. The van der Waals surface area contributed by atoms with Crippen LogP contribution in [0.15, 0.2) is 73.7 Å². The summed E-state index contributed by atoms with van der Waals surface area (Å²) >= 11 is 0. The Kier molecular flexibility index (Phi) is 11.5. The molecule has 0 saturated heterocycles. The SMILES string of the molecule is C=C/C=C(/c1cc(F)cc(CCCN(C)C)c1)c1cc(-c2n[nH]c3cnc(-c4cncc(CC5CCCCC5)c4)cc23)[nH]c1C.CC. The predicted octanol–water partition coefficient (Wildman–Crippen LogP) is 9.72. The van der Waals surface area contributed by atoms with E-state index in [0.29, 0.717) is 0 Å². The number of hydrogen-bond donors (Lipinski definition) is 2. The van der Waals surface area contributed by atoms with E-state index in [0.717, 1.165) is 93.2 Å². The monoisotopic (exact) mass is 632 g/mol. The van der Waals surface area contributed by atoms with E-state index in [1.54, 1.807) is 18.2 Å². The molecule has 0 aliphatic heterocycles. The summed E-state index contributed by atoms with van der Waals surface area (Å²) in [7, 11) is 4.11. The Morgan fingerprint density at radius 1 is 1.00 bits per heavy atom. The molecule has 1 aliphatic rings. The highest BCUT2D eigenvalue weighted by Gasteiger charge is 2.19. The van der Waals surface area contributed by atoms with Gasteiger partial charge in [0.2, 0.25) is 0 Å². The number of hydrogen-bond acceptors (Lipinski definition) is 4. The average molecular weight is 633 g/mol. The Bertz CT molecular complexity index is 1820. The molecule has 0 spiro atoms. The second-order valence-corrected chi connectivity index (χ2v) is 12.8. The van der Waals surface area contributed by atoms with Gasteiger partial charge in [0.25, 0.3) is 0 Å². The van der Waals surface area contributed by atoms with Gasteiger partial charge in [-0.15, -0.1) is 0 Å². The largest absolute Gasteiger partial charge is 0.357 e. The molecule has 1 aliphatic carbocycles. The molecule has 0 amide bonds. The van der Waals surface area contributed by atoms with Gasteiger partial charge >= 0.3 is 0 Å². The lowest BCUT2D eigenvalue weighted by Gasteiger charge is -2.21. The Morgan fingerprint density at radius 2 is 1.81 bits per heavy atom. The lowest BCUT2D eigenvalue weighted by Crippen LogP contribution is -2.13. The van der Waals surface area contributed by atoms with Gasteiger partial charge in [-0.25, -0.2) is 4.39 Å². The molecule has 1 saturated carbocycles. The third-order valence-corrected chi connectivity index (χ3v) is 8.97. The topological polar surface area (TPSA) is 73.5 Å². The molecule has 5 aromatic rings. The quantitative estimate of drug-likeness (QED) is 0.142. The van der Waals surface area contributed by atoms with Crippen LogP contribution in [-0.4, -0.2) is 50.7 Å². The number of aromatic amines is 2. The predicted molar refractivity (Wildman–Crippen MR) is 194 cm³/mol. The van der Waals surface area contributed by atoms with Crippen molar-refractivity contribution in [2.24, 2.45) is 5.92 Å². The van der Waals surface area contributed by atoms with Crippen molar-refractivity contribution in [1.82, 2.24) is 30.0 Å². The normalized spacial score (nSPS) is 14.0. The number of aromatic nitrogens is 5. The third kappa shape index (κ3) is 8.33. The lowest BCUT2D eigenvalue weighted by atomic mass is 9.85. The molecular formula is C40H49FN6. The van der Waals surface area contributed by atoms with Crippen LogP contribution in [0, 0.1) is 18.7 Å². The van der Waals surface area contributed by atoms with Crippen molar-refractivity contribution >= 4 is 16.5 Å². The van der Waals surface area contributed by atoms with Crippen molar-refractivity contribution in [1.29, 1.82) is 0 Å². The first-order valence-corrected chi connectivity index (χ1v) is 17.1. The first kappa shape index (κ1) is 34.0. The van der Waals surface area contributed by atoms with Crippen molar-refractivity contribution in [3.8, 4) is 22.6 Å². The minimum Gasteiger partial charge on any atom is -0.357 e. The second-order valence-electron chi connectivity index (χ2n) is 12.8. The summed E-state index contributed by atoms with van der Waals surface area (Å²) in [4.78, 5) is 15.0. The number of aryl methyl sites for hydroxylation is 2. The molecule has 4 aromatic heterocycles. The highest BCUT2D eigenvalue weighted by Crippen LogP contribution is 2.35. The summed E-state index contributed by atoms with van der Waals surface area (Å²) in [6, 6.07) is 11.8. The fourth-order valence-electron chi connectivity index (χ4n) is 6.72. The van der Waals surface area contributed by atoms with Crippen molar-refractivity contribution < 1.29 is 4.39 Å². The van der Waals surface area contributed by atoms with Crippen molar-refractivity contribution in [2.75, 3.05) is 20.6 Å². The van der Waals surface area contributed by atoms with E-state index in [1.807, 2.05) is 45.4 Å². The van der Waals surface area contributed by atoms with Gasteiger partial charge in [-0.2, -0.15) is 5.10 Å². The van der Waals surface area contributed by atoms with Crippen molar-refractivity contribution in [3.63, 3.8) is 0 Å². The van der Waals surface area contributed by atoms with E-state index in [2.05, 4.69) is 70.0 Å². The van der Waals surface area contributed by atoms with E-state index in [-0.39, 0.29) is 5.82 Å². The Labute approximate surface area is 279 Å². The highest BCUT2D eigenvalue weighted by molar-refractivity contribution is 5.95. The van der Waals surface area contributed by atoms with E-state index < -0.39 is 0 Å². The molecule has 6 rings (SSSR count). The van der Waals surface area contributed by atoms with Gasteiger partial charge in [0.15, 0.2) is 0 Å². The van der Waals surface area contributed by atoms with Gasteiger partial charge in [0.1, 0.15) is 11.5 Å². The zero-order valence-corrected chi connectivity index (χ0v) is 28.7. The molecule has 47 heavy (non-hydrogen) atoms. The molecule has 0 unspecified atom stereocenters. The molecule has 6 nitrogen and oxygen atoms in total. The van der Waals surface area contributed by atoms with Crippen LogP contribution in [0.1, 0.15) is 80.3 Å². The van der Waals surface area contributed by atoms with E-state index in [1.165, 1.54) is 37.7 Å². The van der Waals surface area contributed by atoms with Gasteiger partial charge in [-0.05, 0) is 105 Å². The Balaban J connectivity index is 0.00000213. The number of H-pyrrole nitrogens is 2. The molecule has 0 radical (unpaired) electrons. The van der Waals surface area contributed by atoms with Crippen molar-refractivity contribution in [2.45, 2.75) is 72.1 Å². The molecule has 4 heterocycles. The van der Waals surface area contributed by atoms with Crippen LogP contribution in [0.25, 0.3) is 39.1 Å². The van der Waals surface area contributed by atoms with Crippen LogP contribution in [0.3, 0.4) is 0 Å². The zero-order chi connectivity index (χ0) is 33.3. The number of halogens is 1. The van der Waals surface area contributed by atoms with E-state index in [9.17, 15) is 4.39 Å². The molecule has 246 valence electrons. The first-order chi connectivity index (χ1) is 22.9. The van der Waals surface area contributed by atoms with Gasteiger partial charge in [-0.3, -0.25) is 15.1 Å². The third-order valence-electron chi connectivity index (χ3n) is 8.97. The summed E-state index contributed by atoms with van der Waals surface area (Å²) in [6.45, 7) is 11.0. The van der Waals surface area contributed by atoms with Crippen LogP contribution in [0.5, 0.6) is 0 Å².